The molecular weight excluding hydrogens is 408 g/mol. The predicted octanol–water partition coefficient (Wildman–Crippen LogP) is 5.67. The van der Waals surface area contributed by atoms with Crippen LogP contribution < -0.4 is 15.0 Å². The van der Waals surface area contributed by atoms with E-state index in [0.717, 1.165) is 10.6 Å². The predicted molar refractivity (Wildman–Crippen MR) is 125 cm³/mol. The SMILES string of the molecule is CCOc1cccc(N2C(=O)C(Nc3ccc(C(C)C)cc3)=C(c3cccs3)C2=O)c1. The summed E-state index contributed by atoms with van der Waals surface area (Å²) in [5.74, 6) is 0.305. The highest BCUT2D eigenvalue weighted by Gasteiger charge is 2.40. The van der Waals surface area contributed by atoms with Crippen LogP contribution in [0.5, 0.6) is 5.75 Å². The van der Waals surface area contributed by atoms with Crippen LogP contribution in [0.3, 0.4) is 0 Å². The number of rotatable bonds is 7. The van der Waals surface area contributed by atoms with Gasteiger partial charge in [-0.1, -0.05) is 38.1 Å². The van der Waals surface area contributed by atoms with Crippen LogP contribution in [0.25, 0.3) is 5.57 Å². The molecule has 158 valence electrons. The number of carbonyl (C=O) groups is 2. The van der Waals surface area contributed by atoms with E-state index >= 15 is 0 Å². The molecule has 3 aromatic rings. The number of carbonyl (C=O) groups excluding carboxylic acids is 2. The Labute approximate surface area is 186 Å². The van der Waals surface area contributed by atoms with Crippen LogP contribution in [0.2, 0.25) is 0 Å². The standard InChI is InChI=1S/C25H24N2O3S/c1-4-30-20-8-5-7-19(15-20)27-24(28)22(21-9-6-14-31-21)23(25(27)29)26-18-12-10-17(11-13-18)16(2)3/h5-16,26H,4H2,1-3H3. The fraction of sp³-hybridized carbons (Fsp3) is 0.200. The lowest BCUT2D eigenvalue weighted by Crippen LogP contribution is -2.32. The van der Waals surface area contributed by atoms with Gasteiger partial charge in [-0.2, -0.15) is 0 Å². The number of amides is 2. The van der Waals surface area contributed by atoms with Crippen molar-refractivity contribution in [3.63, 3.8) is 0 Å². The second-order valence-electron chi connectivity index (χ2n) is 7.51. The number of hydrogen-bond acceptors (Lipinski definition) is 5. The number of nitrogens with zero attached hydrogens (tertiary/aromatic N) is 1. The van der Waals surface area contributed by atoms with Crippen LogP contribution in [0.15, 0.2) is 71.7 Å². The second kappa shape index (κ2) is 8.78. The van der Waals surface area contributed by atoms with Crippen molar-refractivity contribution in [3.05, 3.63) is 82.2 Å². The second-order valence-corrected chi connectivity index (χ2v) is 8.45. The van der Waals surface area contributed by atoms with Gasteiger partial charge in [-0.3, -0.25) is 9.59 Å². The average molecular weight is 433 g/mol. The van der Waals surface area contributed by atoms with Crippen LogP contribution in [-0.4, -0.2) is 18.4 Å². The highest BCUT2D eigenvalue weighted by molar-refractivity contribution is 7.11. The molecule has 0 unspecified atom stereocenters. The molecule has 0 saturated carbocycles. The molecule has 1 aromatic heterocycles. The van der Waals surface area contributed by atoms with E-state index in [4.69, 9.17) is 4.74 Å². The topological polar surface area (TPSA) is 58.6 Å². The van der Waals surface area contributed by atoms with Crippen LogP contribution in [0.1, 0.15) is 37.1 Å². The number of thiophene rings is 1. The summed E-state index contributed by atoms with van der Waals surface area (Å²) in [7, 11) is 0. The molecule has 31 heavy (non-hydrogen) atoms. The van der Waals surface area contributed by atoms with Gasteiger partial charge in [-0.15, -0.1) is 11.3 Å². The summed E-state index contributed by atoms with van der Waals surface area (Å²) in [4.78, 5) is 28.8. The lowest BCUT2D eigenvalue weighted by Gasteiger charge is -2.16. The fourth-order valence-electron chi connectivity index (χ4n) is 3.50. The maximum Gasteiger partial charge on any atom is 0.282 e. The van der Waals surface area contributed by atoms with Gasteiger partial charge in [0.2, 0.25) is 0 Å². The minimum Gasteiger partial charge on any atom is -0.494 e. The van der Waals surface area contributed by atoms with Gasteiger partial charge in [0.1, 0.15) is 11.4 Å². The largest absolute Gasteiger partial charge is 0.494 e. The Morgan fingerprint density at radius 2 is 1.77 bits per heavy atom. The molecule has 2 aromatic carbocycles. The van der Waals surface area contributed by atoms with Crippen molar-refractivity contribution in [2.75, 3.05) is 16.8 Å². The quantitative estimate of drug-likeness (QED) is 0.489. The van der Waals surface area contributed by atoms with Crippen LogP contribution in [0, 0.1) is 0 Å². The van der Waals surface area contributed by atoms with E-state index in [1.807, 2.05) is 48.7 Å². The maximum absolute atomic E-state index is 13.4. The van der Waals surface area contributed by atoms with Crippen molar-refractivity contribution in [2.24, 2.45) is 0 Å². The number of benzene rings is 2. The van der Waals surface area contributed by atoms with E-state index < -0.39 is 0 Å². The molecule has 0 radical (unpaired) electrons. The third-order valence-electron chi connectivity index (χ3n) is 5.08. The van der Waals surface area contributed by atoms with Gasteiger partial charge in [0.05, 0.1) is 17.9 Å². The van der Waals surface area contributed by atoms with E-state index in [1.54, 1.807) is 24.3 Å². The minimum absolute atomic E-state index is 0.284. The van der Waals surface area contributed by atoms with E-state index in [9.17, 15) is 9.59 Å². The average Bonchev–Trinajstić information content (AvgIpc) is 3.36. The summed E-state index contributed by atoms with van der Waals surface area (Å²) in [6.07, 6.45) is 0. The first-order chi connectivity index (χ1) is 15.0. The Morgan fingerprint density at radius 1 is 1.00 bits per heavy atom. The Bertz CT molecular complexity index is 1130. The smallest absolute Gasteiger partial charge is 0.282 e. The van der Waals surface area contributed by atoms with Crippen LogP contribution in [-0.2, 0) is 9.59 Å². The summed E-state index contributed by atoms with van der Waals surface area (Å²) in [6.45, 7) is 6.66. The van der Waals surface area contributed by atoms with Crippen LogP contribution in [0.4, 0.5) is 11.4 Å². The zero-order chi connectivity index (χ0) is 22.0. The van der Waals surface area contributed by atoms with Crippen molar-refractivity contribution in [2.45, 2.75) is 26.7 Å². The monoisotopic (exact) mass is 432 g/mol. The van der Waals surface area contributed by atoms with Gasteiger partial charge >= 0.3 is 0 Å². The Hall–Kier alpha value is -3.38. The van der Waals surface area contributed by atoms with Crippen molar-refractivity contribution >= 4 is 40.1 Å². The molecule has 0 aliphatic carbocycles. The Morgan fingerprint density at radius 3 is 2.42 bits per heavy atom. The van der Waals surface area contributed by atoms with E-state index in [-0.39, 0.29) is 17.5 Å². The third-order valence-corrected chi connectivity index (χ3v) is 5.97. The summed E-state index contributed by atoms with van der Waals surface area (Å²) < 4.78 is 5.55. The first-order valence-electron chi connectivity index (χ1n) is 10.3. The molecule has 1 aliphatic heterocycles. The van der Waals surface area contributed by atoms with Gasteiger partial charge in [-0.05, 0) is 54.1 Å². The molecule has 4 rings (SSSR count). The molecule has 0 atom stereocenters. The number of anilines is 2. The first-order valence-corrected chi connectivity index (χ1v) is 11.1. The summed E-state index contributed by atoms with van der Waals surface area (Å²) in [5.41, 5.74) is 3.13. The van der Waals surface area contributed by atoms with E-state index in [0.29, 0.717) is 29.5 Å². The Kier molecular flexibility index (Phi) is 5.91. The summed E-state index contributed by atoms with van der Waals surface area (Å²) >= 11 is 1.43. The maximum atomic E-state index is 13.4. The lowest BCUT2D eigenvalue weighted by atomic mass is 10.0. The molecule has 5 nitrogen and oxygen atoms in total. The van der Waals surface area contributed by atoms with E-state index in [2.05, 4.69) is 19.2 Å². The van der Waals surface area contributed by atoms with Gasteiger partial charge in [0.15, 0.2) is 0 Å². The number of hydrogen-bond donors (Lipinski definition) is 1. The minimum atomic E-state index is -0.380. The highest BCUT2D eigenvalue weighted by Crippen LogP contribution is 2.36. The highest BCUT2D eigenvalue weighted by atomic mass is 32.1. The van der Waals surface area contributed by atoms with Gasteiger partial charge in [0, 0.05) is 16.6 Å². The Balaban J connectivity index is 1.72. The molecule has 0 spiro atoms. The number of imide groups is 1. The zero-order valence-corrected chi connectivity index (χ0v) is 18.5. The number of ether oxygens (including phenoxy) is 1. The van der Waals surface area contributed by atoms with Crippen molar-refractivity contribution in [1.29, 1.82) is 0 Å². The molecule has 1 aliphatic rings. The number of nitrogens with one attached hydrogen (secondary N) is 1. The molecule has 0 fully saturated rings. The molecule has 1 N–H and O–H groups in total. The van der Waals surface area contributed by atoms with Crippen LogP contribution >= 0.6 is 11.3 Å². The molecule has 2 amide bonds. The first kappa shape index (κ1) is 20.9. The molecular formula is C25H24N2O3S. The van der Waals surface area contributed by atoms with Crippen molar-refractivity contribution in [1.82, 2.24) is 0 Å². The lowest BCUT2D eigenvalue weighted by molar-refractivity contribution is -0.120. The van der Waals surface area contributed by atoms with Gasteiger partial charge < -0.3 is 10.1 Å². The van der Waals surface area contributed by atoms with Gasteiger partial charge in [-0.25, -0.2) is 4.90 Å². The molecule has 2 heterocycles. The fourth-order valence-corrected chi connectivity index (χ4v) is 4.27. The normalized spacial score (nSPS) is 14.0. The summed E-state index contributed by atoms with van der Waals surface area (Å²) in [6, 6.07) is 18.7. The van der Waals surface area contributed by atoms with Gasteiger partial charge in [0.25, 0.3) is 11.8 Å². The molecule has 0 bridgehead atoms. The summed E-state index contributed by atoms with van der Waals surface area (Å²) in [5, 5.41) is 5.10. The zero-order valence-electron chi connectivity index (χ0n) is 17.7. The third kappa shape index (κ3) is 4.11. The molecule has 0 saturated heterocycles. The van der Waals surface area contributed by atoms with E-state index in [1.165, 1.54) is 21.8 Å². The van der Waals surface area contributed by atoms with Crippen molar-refractivity contribution in [3.8, 4) is 5.75 Å². The van der Waals surface area contributed by atoms with Crippen molar-refractivity contribution < 1.29 is 14.3 Å². The molecule has 6 heteroatoms.